The zero-order valence-corrected chi connectivity index (χ0v) is 11.9. The number of aryl methyl sites for hydroxylation is 2. The van der Waals surface area contributed by atoms with E-state index in [4.69, 9.17) is 11.6 Å². The third-order valence-corrected chi connectivity index (χ3v) is 3.11. The summed E-state index contributed by atoms with van der Waals surface area (Å²) in [5.74, 6) is 1.62. The standard InChI is InChI=1S/C14H19ClN4/c1-2-9-19-14(17-11-18-19)10-16-13-5-3-12(4-6-13)7-8-15/h3-6,11,16H,2,7-10H2,1H3. The predicted octanol–water partition coefficient (Wildman–Crippen LogP) is 3.08. The highest BCUT2D eigenvalue weighted by Crippen LogP contribution is 2.11. The van der Waals surface area contributed by atoms with Crippen LogP contribution in [0.5, 0.6) is 0 Å². The number of nitrogens with one attached hydrogen (secondary N) is 1. The van der Waals surface area contributed by atoms with E-state index in [1.54, 1.807) is 6.33 Å². The van der Waals surface area contributed by atoms with Gasteiger partial charge in [0.05, 0.1) is 6.54 Å². The summed E-state index contributed by atoms with van der Waals surface area (Å²) in [6.07, 6.45) is 3.58. The average molecular weight is 279 g/mol. The fourth-order valence-electron chi connectivity index (χ4n) is 1.90. The molecule has 0 amide bonds. The smallest absolute Gasteiger partial charge is 0.146 e. The normalized spacial score (nSPS) is 10.6. The van der Waals surface area contributed by atoms with E-state index < -0.39 is 0 Å². The van der Waals surface area contributed by atoms with Gasteiger partial charge < -0.3 is 5.32 Å². The lowest BCUT2D eigenvalue weighted by Crippen LogP contribution is -2.10. The third kappa shape index (κ3) is 3.96. The van der Waals surface area contributed by atoms with Crippen molar-refractivity contribution in [3.8, 4) is 0 Å². The Balaban J connectivity index is 1.92. The molecule has 0 aliphatic rings. The first-order valence-electron chi connectivity index (χ1n) is 6.59. The Labute approximate surface area is 118 Å². The highest BCUT2D eigenvalue weighted by atomic mass is 35.5. The molecule has 0 radical (unpaired) electrons. The summed E-state index contributed by atoms with van der Waals surface area (Å²) in [5, 5.41) is 7.57. The molecule has 0 fully saturated rings. The van der Waals surface area contributed by atoms with Crippen LogP contribution in [-0.2, 0) is 19.5 Å². The van der Waals surface area contributed by atoms with Gasteiger partial charge in [-0.05, 0) is 30.5 Å². The van der Waals surface area contributed by atoms with E-state index in [0.717, 1.165) is 30.9 Å². The number of halogens is 1. The first-order valence-corrected chi connectivity index (χ1v) is 7.12. The van der Waals surface area contributed by atoms with Gasteiger partial charge in [-0.1, -0.05) is 19.1 Å². The lowest BCUT2D eigenvalue weighted by molar-refractivity contribution is 0.574. The van der Waals surface area contributed by atoms with Crippen LogP contribution in [0.1, 0.15) is 24.7 Å². The maximum absolute atomic E-state index is 5.72. The van der Waals surface area contributed by atoms with Crippen molar-refractivity contribution in [3.63, 3.8) is 0 Å². The lowest BCUT2D eigenvalue weighted by Gasteiger charge is -2.08. The molecule has 1 aromatic heterocycles. The molecule has 5 heteroatoms. The van der Waals surface area contributed by atoms with Gasteiger partial charge in [0, 0.05) is 18.1 Å². The Kier molecular flexibility index (Phi) is 5.21. The molecule has 2 rings (SSSR count). The van der Waals surface area contributed by atoms with Crippen LogP contribution < -0.4 is 5.32 Å². The monoisotopic (exact) mass is 278 g/mol. The lowest BCUT2D eigenvalue weighted by atomic mass is 10.1. The molecule has 0 atom stereocenters. The Morgan fingerprint density at radius 3 is 2.74 bits per heavy atom. The van der Waals surface area contributed by atoms with Crippen LogP contribution in [0.3, 0.4) is 0 Å². The number of benzene rings is 1. The average Bonchev–Trinajstić information content (AvgIpc) is 2.86. The maximum atomic E-state index is 5.72. The number of alkyl halides is 1. The van der Waals surface area contributed by atoms with Crippen molar-refractivity contribution in [1.82, 2.24) is 14.8 Å². The van der Waals surface area contributed by atoms with E-state index in [-0.39, 0.29) is 0 Å². The molecule has 2 aromatic rings. The molecule has 4 nitrogen and oxygen atoms in total. The number of anilines is 1. The molecule has 0 aliphatic carbocycles. The topological polar surface area (TPSA) is 42.7 Å². The summed E-state index contributed by atoms with van der Waals surface area (Å²) in [4.78, 5) is 4.27. The van der Waals surface area contributed by atoms with Gasteiger partial charge >= 0.3 is 0 Å². The molecule has 0 bridgehead atoms. The maximum Gasteiger partial charge on any atom is 0.146 e. The van der Waals surface area contributed by atoms with Crippen molar-refractivity contribution in [3.05, 3.63) is 42.0 Å². The van der Waals surface area contributed by atoms with Crippen LogP contribution in [0, 0.1) is 0 Å². The van der Waals surface area contributed by atoms with Crippen molar-refractivity contribution in [2.75, 3.05) is 11.2 Å². The van der Waals surface area contributed by atoms with Gasteiger partial charge in [0.15, 0.2) is 0 Å². The summed E-state index contributed by atoms with van der Waals surface area (Å²) in [7, 11) is 0. The fourth-order valence-corrected chi connectivity index (χ4v) is 2.12. The summed E-state index contributed by atoms with van der Waals surface area (Å²) in [5.41, 5.74) is 2.35. The van der Waals surface area contributed by atoms with E-state index in [1.807, 2.05) is 4.68 Å². The zero-order chi connectivity index (χ0) is 13.5. The number of rotatable bonds is 7. The minimum Gasteiger partial charge on any atom is -0.378 e. The molecular weight excluding hydrogens is 260 g/mol. The first-order chi connectivity index (χ1) is 9.33. The zero-order valence-electron chi connectivity index (χ0n) is 11.1. The van der Waals surface area contributed by atoms with Gasteiger partial charge in [0.1, 0.15) is 12.2 Å². The molecule has 1 N–H and O–H groups in total. The van der Waals surface area contributed by atoms with Crippen LogP contribution in [0.2, 0.25) is 0 Å². The molecule has 1 heterocycles. The van der Waals surface area contributed by atoms with Crippen LogP contribution in [0.4, 0.5) is 5.69 Å². The molecule has 0 saturated heterocycles. The van der Waals surface area contributed by atoms with Gasteiger partial charge in [-0.3, -0.25) is 0 Å². The highest BCUT2D eigenvalue weighted by Gasteiger charge is 2.03. The van der Waals surface area contributed by atoms with Crippen LogP contribution in [0.15, 0.2) is 30.6 Å². The Morgan fingerprint density at radius 2 is 2.05 bits per heavy atom. The predicted molar refractivity (Wildman–Crippen MR) is 78.5 cm³/mol. The van der Waals surface area contributed by atoms with E-state index >= 15 is 0 Å². The second-order valence-corrected chi connectivity index (χ2v) is 4.77. The number of hydrogen-bond acceptors (Lipinski definition) is 3. The van der Waals surface area contributed by atoms with E-state index in [9.17, 15) is 0 Å². The second-order valence-electron chi connectivity index (χ2n) is 4.39. The van der Waals surface area contributed by atoms with Crippen LogP contribution in [-0.4, -0.2) is 20.6 Å². The van der Waals surface area contributed by atoms with Gasteiger partial charge in [-0.25, -0.2) is 9.67 Å². The number of hydrogen-bond donors (Lipinski definition) is 1. The summed E-state index contributed by atoms with van der Waals surface area (Å²) < 4.78 is 1.94. The summed E-state index contributed by atoms with van der Waals surface area (Å²) in [6.45, 7) is 3.73. The van der Waals surface area contributed by atoms with Gasteiger partial charge in [-0.2, -0.15) is 5.10 Å². The molecule has 102 valence electrons. The van der Waals surface area contributed by atoms with Crippen molar-refractivity contribution < 1.29 is 0 Å². The van der Waals surface area contributed by atoms with Gasteiger partial charge in [0.25, 0.3) is 0 Å². The second kappa shape index (κ2) is 7.14. The van der Waals surface area contributed by atoms with E-state index in [1.165, 1.54) is 5.56 Å². The minimum absolute atomic E-state index is 0.660. The van der Waals surface area contributed by atoms with E-state index in [2.05, 4.69) is 46.6 Å². The Hall–Kier alpha value is -1.55. The molecule has 0 spiro atoms. The van der Waals surface area contributed by atoms with Crippen molar-refractivity contribution in [2.45, 2.75) is 32.9 Å². The molecule has 1 aromatic carbocycles. The molecule has 0 aliphatic heterocycles. The molecule has 19 heavy (non-hydrogen) atoms. The highest BCUT2D eigenvalue weighted by molar-refractivity contribution is 6.17. The van der Waals surface area contributed by atoms with Gasteiger partial charge in [0.2, 0.25) is 0 Å². The van der Waals surface area contributed by atoms with Crippen molar-refractivity contribution >= 4 is 17.3 Å². The van der Waals surface area contributed by atoms with Crippen LogP contribution >= 0.6 is 11.6 Å². The largest absolute Gasteiger partial charge is 0.378 e. The van der Waals surface area contributed by atoms with Gasteiger partial charge in [-0.15, -0.1) is 11.6 Å². The molecule has 0 saturated carbocycles. The first kappa shape index (κ1) is 13.9. The SMILES string of the molecule is CCCn1ncnc1CNc1ccc(CCCl)cc1. The Bertz CT molecular complexity index is 492. The quantitative estimate of drug-likeness (QED) is 0.792. The Morgan fingerprint density at radius 1 is 1.26 bits per heavy atom. The number of nitrogens with zero attached hydrogens (tertiary/aromatic N) is 3. The van der Waals surface area contributed by atoms with Crippen molar-refractivity contribution in [1.29, 1.82) is 0 Å². The number of aromatic nitrogens is 3. The van der Waals surface area contributed by atoms with Crippen molar-refractivity contribution in [2.24, 2.45) is 0 Å². The summed E-state index contributed by atoms with van der Waals surface area (Å²) >= 11 is 5.72. The summed E-state index contributed by atoms with van der Waals surface area (Å²) in [6, 6.07) is 8.34. The molecular formula is C14H19ClN4. The third-order valence-electron chi connectivity index (χ3n) is 2.92. The van der Waals surface area contributed by atoms with E-state index in [0.29, 0.717) is 12.4 Å². The molecule has 0 unspecified atom stereocenters. The minimum atomic E-state index is 0.660. The van der Waals surface area contributed by atoms with Crippen LogP contribution in [0.25, 0.3) is 0 Å². The fraction of sp³-hybridized carbons (Fsp3) is 0.429.